The summed E-state index contributed by atoms with van der Waals surface area (Å²) >= 11 is 0. The molecule has 0 aromatic heterocycles. The number of esters is 1. The normalized spacial score (nSPS) is 10.6. The minimum absolute atomic E-state index is 0.0581. The summed E-state index contributed by atoms with van der Waals surface area (Å²) in [5.74, 6) is -0.519. The van der Waals surface area contributed by atoms with Crippen molar-refractivity contribution in [2.75, 3.05) is 18.5 Å². The molecule has 0 unspecified atom stereocenters. The Labute approximate surface area is 201 Å². The fraction of sp³-hybridized carbons (Fsp3) is 0.160. The van der Waals surface area contributed by atoms with Crippen LogP contribution < -0.4 is 20.2 Å². The lowest BCUT2D eigenvalue weighted by atomic mass is 10.2. The number of anilines is 1. The first kappa shape index (κ1) is 24.9. The maximum absolute atomic E-state index is 12.4. The molecule has 0 atom stereocenters. The first-order valence-corrected chi connectivity index (χ1v) is 10.7. The number of nitro benzene ring substituents is 1. The van der Waals surface area contributed by atoms with Crippen LogP contribution in [0.25, 0.3) is 0 Å². The van der Waals surface area contributed by atoms with Crippen LogP contribution in [0.15, 0.2) is 71.8 Å². The van der Waals surface area contributed by atoms with Crippen LogP contribution in [0.2, 0.25) is 0 Å². The van der Waals surface area contributed by atoms with E-state index in [1.807, 2.05) is 31.2 Å². The molecule has 1 amide bonds. The molecule has 0 aliphatic rings. The van der Waals surface area contributed by atoms with Crippen molar-refractivity contribution in [3.8, 4) is 11.5 Å². The highest BCUT2D eigenvalue weighted by atomic mass is 16.6. The summed E-state index contributed by atoms with van der Waals surface area (Å²) in [4.78, 5) is 34.7. The van der Waals surface area contributed by atoms with E-state index < -0.39 is 10.9 Å². The monoisotopic (exact) mass is 476 g/mol. The van der Waals surface area contributed by atoms with Gasteiger partial charge in [0.2, 0.25) is 0 Å². The molecular formula is C25H24N4O6. The van der Waals surface area contributed by atoms with E-state index >= 15 is 0 Å². The minimum Gasteiger partial charge on any atom is -0.490 e. The Morgan fingerprint density at radius 3 is 2.51 bits per heavy atom. The van der Waals surface area contributed by atoms with Crippen molar-refractivity contribution in [2.45, 2.75) is 13.8 Å². The average molecular weight is 476 g/mol. The molecule has 3 rings (SSSR count). The van der Waals surface area contributed by atoms with Crippen molar-refractivity contribution < 1.29 is 24.0 Å². The molecule has 0 radical (unpaired) electrons. The molecule has 10 nitrogen and oxygen atoms in total. The number of carbonyl (C=O) groups excluding carboxylic acids is 2. The van der Waals surface area contributed by atoms with E-state index in [0.29, 0.717) is 17.9 Å². The second-order valence-electron chi connectivity index (χ2n) is 7.35. The lowest BCUT2D eigenvalue weighted by Gasteiger charge is -2.11. The van der Waals surface area contributed by atoms with Crippen LogP contribution in [0, 0.1) is 17.0 Å². The van der Waals surface area contributed by atoms with Gasteiger partial charge >= 0.3 is 5.97 Å². The summed E-state index contributed by atoms with van der Waals surface area (Å²) in [5.41, 5.74) is 5.00. The van der Waals surface area contributed by atoms with Gasteiger partial charge in [0.25, 0.3) is 11.6 Å². The first-order valence-electron chi connectivity index (χ1n) is 10.7. The predicted octanol–water partition coefficient (Wildman–Crippen LogP) is 4.08. The molecule has 0 aliphatic heterocycles. The summed E-state index contributed by atoms with van der Waals surface area (Å²) in [5, 5.41) is 17.7. The van der Waals surface area contributed by atoms with Gasteiger partial charge in [-0.3, -0.25) is 14.9 Å². The van der Waals surface area contributed by atoms with Crippen LogP contribution in [-0.4, -0.2) is 36.2 Å². The van der Waals surface area contributed by atoms with Crippen LogP contribution in [0.4, 0.5) is 11.4 Å². The molecule has 0 spiro atoms. The number of amides is 1. The number of non-ortho nitro benzene ring substituents is 1. The quantitative estimate of drug-likeness (QED) is 0.148. The third-order valence-corrected chi connectivity index (χ3v) is 4.66. The molecular weight excluding hydrogens is 452 g/mol. The Kier molecular flexibility index (Phi) is 8.49. The molecule has 0 heterocycles. The Morgan fingerprint density at radius 1 is 1.06 bits per heavy atom. The maximum atomic E-state index is 12.4. The van der Waals surface area contributed by atoms with Gasteiger partial charge in [-0.15, -0.1) is 0 Å². The zero-order chi connectivity index (χ0) is 25.2. The van der Waals surface area contributed by atoms with Crippen LogP contribution in [-0.2, 0) is 4.79 Å². The Balaban J connectivity index is 1.60. The smallest absolute Gasteiger partial charge is 0.343 e. The lowest BCUT2D eigenvalue weighted by molar-refractivity contribution is -0.384. The second-order valence-corrected chi connectivity index (χ2v) is 7.35. The zero-order valence-corrected chi connectivity index (χ0v) is 19.2. The third-order valence-electron chi connectivity index (χ3n) is 4.66. The molecule has 0 aliphatic carbocycles. The SMILES string of the molecule is CCOc1cc(/C=N/NC(=O)CNc2cccc(C)c2)ccc1OC(=O)c1ccc([N+](=O)[O-])cc1. The first-order chi connectivity index (χ1) is 16.9. The summed E-state index contributed by atoms with van der Waals surface area (Å²) in [6.07, 6.45) is 1.44. The van der Waals surface area contributed by atoms with Gasteiger partial charge in [0.05, 0.1) is 29.9 Å². The van der Waals surface area contributed by atoms with E-state index in [2.05, 4.69) is 15.8 Å². The van der Waals surface area contributed by atoms with Crippen LogP contribution in [0.1, 0.15) is 28.4 Å². The molecule has 35 heavy (non-hydrogen) atoms. The molecule has 180 valence electrons. The molecule has 2 N–H and O–H groups in total. The molecule has 0 saturated carbocycles. The molecule has 0 saturated heterocycles. The van der Waals surface area contributed by atoms with Crippen molar-refractivity contribution >= 4 is 29.5 Å². The van der Waals surface area contributed by atoms with Gasteiger partial charge in [-0.25, -0.2) is 10.2 Å². The van der Waals surface area contributed by atoms with Gasteiger partial charge in [0, 0.05) is 17.8 Å². The predicted molar refractivity (Wildman–Crippen MR) is 131 cm³/mol. The Bertz CT molecular complexity index is 1240. The fourth-order valence-corrected chi connectivity index (χ4v) is 2.99. The van der Waals surface area contributed by atoms with Crippen molar-refractivity contribution in [3.63, 3.8) is 0 Å². The van der Waals surface area contributed by atoms with Gasteiger partial charge in [-0.1, -0.05) is 12.1 Å². The highest BCUT2D eigenvalue weighted by molar-refractivity contribution is 5.92. The standard InChI is InChI=1S/C25H24N4O6/c1-3-34-23-14-18(15-27-28-24(30)16-26-20-6-4-5-17(2)13-20)7-12-22(23)35-25(31)19-8-10-21(11-9-19)29(32)33/h4-15,26H,3,16H2,1-2H3,(H,28,30)/b27-15+. The van der Waals surface area contributed by atoms with E-state index in [-0.39, 0.29) is 29.5 Å². The number of rotatable bonds is 10. The molecule has 3 aromatic carbocycles. The van der Waals surface area contributed by atoms with E-state index in [9.17, 15) is 19.7 Å². The number of ether oxygens (including phenoxy) is 2. The van der Waals surface area contributed by atoms with Crippen molar-refractivity contribution in [1.29, 1.82) is 0 Å². The van der Waals surface area contributed by atoms with E-state index in [4.69, 9.17) is 9.47 Å². The zero-order valence-electron chi connectivity index (χ0n) is 19.2. The number of aryl methyl sites for hydroxylation is 1. The minimum atomic E-state index is -0.685. The summed E-state index contributed by atoms with van der Waals surface area (Å²) in [6.45, 7) is 4.13. The van der Waals surface area contributed by atoms with Gasteiger partial charge in [-0.05, 0) is 67.4 Å². The number of hydrogen-bond acceptors (Lipinski definition) is 8. The van der Waals surface area contributed by atoms with Crippen LogP contribution in [0.3, 0.4) is 0 Å². The highest BCUT2D eigenvalue weighted by Crippen LogP contribution is 2.29. The molecule has 10 heteroatoms. The number of hydrazone groups is 1. The van der Waals surface area contributed by atoms with Gasteiger partial charge in [-0.2, -0.15) is 5.10 Å². The topological polar surface area (TPSA) is 132 Å². The summed E-state index contributed by atoms with van der Waals surface area (Å²) in [6, 6.07) is 17.5. The number of carbonyl (C=O) groups is 2. The van der Waals surface area contributed by atoms with E-state index in [1.54, 1.807) is 19.1 Å². The number of nitrogens with one attached hydrogen (secondary N) is 2. The number of benzene rings is 3. The van der Waals surface area contributed by atoms with Crippen molar-refractivity contribution in [1.82, 2.24) is 5.43 Å². The largest absolute Gasteiger partial charge is 0.490 e. The average Bonchev–Trinajstić information content (AvgIpc) is 2.84. The van der Waals surface area contributed by atoms with Gasteiger partial charge in [0.1, 0.15) is 0 Å². The summed E-state index contributed by atoms with van der Waals surface area (Å²) < 4.78 is 11.0. The van der Waals surface area contributed by atoms with Gasteiger partial charge < -0.3 is 14.8 Å². The number of hydrogen-bond donors (Lipinski definition) is 2. The molecule has 0 bridgehead atoms. The number of nitro groups is 1. The van der Waals surface area contributed by atoms with E-state index in [0.717, 1.165) is 11.3 Å². The lowest BCUT2D eigenvalue weighted by Crippen LogP contribution is -2.25. The molecule has 3 aromatic rings. The summed E-state index contributed by atoms with van der Waals surface area (Å²) in [7, 11) is 0. The number of nitrogens with zero attached hydrogens (tertiary/aromatic N) is 2. The van der Waals surface area contributed by atoms with Gasteiger partial charge in [0.15, 0.2) is 11.5 Å². The Morgan fingerprint density at radius 2 is 1.83 bits per heavy atom. The van der Waals surface area contributed by atoms with Crippen molar-refractivity contribution in [2.24, 2.45) is 5.10 Å². The maximum Gasteiger partial charge on any atom is 0.343 e. The highest BCUT2D eigenvalue weighted by Gasteiger charge is 2.15. The Hall–Kier alpha value is -4.73. The fourth-order valence-electron chi connectivity index (χ4n) is 2.99. The van der Waals surface area contributed by atoms with Crippen molar-refractivity contribution in [3.05, 3.63) is 93.5 Å². The third kappa shape index (κ3) is 7.39. The molecule has 0 fully saturated rings. The van der Waals surface area contributed by atoms with Crippen LogP contribution >= 0.6 is 0 Å². The second kappa shape index (κ2) is 11.9. The van der Waals surface area contributed by atoms with E-state index in [1.165, 1.54) is 36.5 Å². The van der Waals surface area contributed by atoms with Crippen LogP contribution in [0.5, 0.6) is 11.5 Å².